The summed E-state index contributed by atoms with van der Waals surface area (Å²) in [4.78, 5) is 11.9. The van der Waals surface area contributed by atoms with Gasteiger partial charge in [-0.15, -0.1) is 0 Å². The van der Waals surface area contributed by atoms with Crippen LogP contribution in [0.2, 0.25) is 5.02 Å². The zero-order chi connectivity index (χ0) is 10.8. The Morgan fingerprint density at radius 3 is 2.80 bits per heavy atom. The maximum atomic E-state index is 11.9. The summed E-state index contributed by atoms with van der Waals surface area (Å²) in [5.74, 6) is 0.305. The number of carbonyl (C=O) groups excluding carboxylic acids is 1. The molecule has 0 saturated heterocycles. The second-order valence-corrected chi connectivity index (χ2v) is 4.54. The third-order valence-corrected chi connectivity index (χ3v) is 2.73. The Morgan fingerprint density at radius 1 is 1.40 bits per heavy atom. The summed E-state index contributed by atoms with van der Waals surface area (Å²) in [6.07, 6.45) is 2.60. The number of hydrogen-bond acceptors (Lipinski definition) is 2. The molecule has 0 fully saturated rings. The smallest absolute Gasteiger partial charge is 0.227 e. The zero-order valence-corrected chi connectivity index (χ0v) is 10.1. The minimum Gasteiger partial charge on any atom is -0.489 e. The van der Waals surface area contributed by atoms with Crippen molar-refractivity contribution in [1.82, 2.24) is 0 Å². The van der Waals surface area contributed by atoms with Gasteiger partial charge in [-0.3, -0.25) is 4.79 Å². The summed E-state index contributed by atoms with van der Waals surface area (Å²) >= 11 is 9.15. The van der Waals surface area contributed by atoms with Crippen LogP contribution in [-0.4, -0.2) is 12.4 Å². The lowest BCUT2D eigenvalue weighted by Crippen LogP contribution is -2.03. The van der Waals surface area contributed by atoms with Crippen molar-refractivity contribution in [3.63, 3.8) is 0 Å². The number of allylic oxidation sites excluding steroid dienone is 1. The highest BCUT2D eigenvalue weighted by molar-refractivity contribution is 9.10. The molecule has 1 heterocycles. The summed E-state index contributed by atoms with van der Waals surface area (Å²) in [5, 5.41) is 0.534. The Labute approximate surface area is 101 Å². The molecule has 0 amide bonds. The van der Waals surface area contributed by atoms with Gasteiger partial charge in [0.2, 0.25) is 5.78 Å². The molecule has 0 radical (unpaired) electrons. The fourth-order valence-electron chi connectivity index (χ4n) is 1.40. The molecule has 0 spiro atoms. The molecule has 2 nitrogen and oxygen atoms in total. The van der Waals surface area contributed by atoms with Crippen molar-refractivity contribution < 1.29 is 9.53 Å². The van der Waals surface area contributed by atoms with Gasteiger partial charge < -0.3 is 4.74 Å². The van der Waals surface area contributed by atoms with Crippen LogP contribution in [0, 0.1) is 0 Å². The van der Waals surface area contributed by atoms with Gasteiger partial charge >= 0.3 is 0 Å². The predicted octanol–water partition coefficient (Wildman–Crippen LogP) is 3.59. The third-order valence-electron chi connectivity index (χ3n) is 2.05. The maximum Gasteiger partial charge on any atom is 0.227 e. The monoisotopic (exact) mass is 286 g/mol. The molecule has 1 aromatic rings. The van der Waals surface area contributed by atoms with Crippen molar-refractivity contribution in [2.75, 3.05) is 6.61 Å². The number of ether oxygens (including phenoxy) is 1. The van der Waals surface area contributed by atoms with Gasteiger partial charge in [-0.25, -0.2) is 0 Å². The van der Waals surface area contributed by atoms with Crippen molar-refractivity contribution >= 4 is 33.3 Å². The largest absolute Gasteiger partial charge is 0.489 e. The number of carbonyl (C=O) groups is 1. The molecule has 1 aromatic carbocycles. The van der Waals surface area contributed by atoms with Crippen LogP contribution < -0.4 is 0 Å². The van der Waals surface area contributed by atoms with E-state index in [1.165, 1.54) is 0 Å². The second-order valence-electron chi connectivity index (χ2n) is 3.19. The van der Waals surface area contributed by atoms with E-state index in [-0.39, 0.29) is 5.78 Å². The van der Waals surface area contributed by atoms with Crippen LogP contribution in [0.4, 0.5) is 0 Å². The van der Waals surface area contributed by atoms with Crippen LogP contribution in [0.1, 0.15) is 16.8 Å². The van der Waals surface area contributed by atoms with Gasteiger partial charge in [0.05, 0.1) is 6.61 Å². The lowest BCUT2D eigenvalue weighted by molar-refractivity contribution is 0.0942. The van der Waals surface area contributed by atoms with E-state index >= 15 is 0 Å². The van der Waals surface area contributed by atoms with Crippen LogP contribution in [-0.2, 0) is 4.74 Å². The zero-order valence-electron chi connectivity index (χ0n) is 7.80. The van der Waals surface area contributed by atoms with E-state index in [2.05, 4.69) is 15.9 Å². The quantitative estimate of drug-likeness (QED) is 0.777. The van der Waals surface area contributed by atoms with Crippen molar-refractivity contribution in [1.29, 1.82) is 0 Å². The van der Waals surface area contributed by atoms with Gasteiger partial charge in [0.1, 0.15) is 0 Å². The SMILES string of the molecule is O=C(C1=CCCO1)c1cc(Cl)cc(Br)c1. The number of hydrogen-bond donors (Lipinski definition) is 0. The maximum absolute atomic E-state index is 11.9. The van der Waals surface area contributed by atoms with Crippen LogP contribution in [0.5, 0.6) is 0 Å². The third kappa shape index (κ3) is 2.41. The van der Waals surface area contributed by atoms with Crippen molar-refractivity contribution in [2.24, 2.45) is 0 Å². The van der Waals surface area contributed by atoms with Gasteiger partial charge in [0.15, 0.2) is 5.76 Å². The normalized spacial score (nSPS) is 14.7. The molecule has 0 unspecified atom stereocenters. The van der Waals surface area contributed by atoms with E-state index in [1.54, 1.807) is 24.3 Å². The van der Waals surface area contributed by atoms with Crippen LogP contribution in [0.25, 0.3) is 0 Å². The predicted molar refractivity (Wildman–Crippen MR) is 62.1 cm³/mol. The first-order valence-corrected chi connectivity index (χ1v) is 5.67. The van der Waals surface area contributed by atoms with E-state index < -0.39 is 0 Å². The number of halogens is 2. The standard InChI is InChI=1S/C11H8BrClO2/c12-8-4-7(5-9(13)6-8)11(14)10-2-1-3-15-10/h2,4-6H,1,3H2. The highest BCUT2D eigenvalue weighted by Crippen LogP contribution is 2.23. The molecule has 0 bridgehead atoms. The summed E-state index contributed by atoms with van der Waals surface area (Å²) in [6.45, 7) is 0.586. The fourth-order valence-corrected chi connectivity index (χ4v) is 2.26. The lowest BCUT2D eigenvalue weighted by atomic mass is 10.1. The Balaban J connectivity index is 2.32. The first-order chi connectivity index (χ1) is 7.16. The number of ketones is 1. The van der Waals surface area contributed by atoms with E-state index in [9.17, 15) is 4.79 Å². The van der Waals surface area contributed by atoms with E-state index in [0.29, 0.717) is 23.0 Å². The summed E-state index contributed by atoms with van der Waals surface area (Å²) < 4.78 is 5.99. The Kier molecular flexibility index (Phi) is 3.12. The average molecular weight is 288 g/mol. The molecule has 0 atom stereocenters. The molecule has 0 N–H and O–H groups in total. The Bertz CT molecular complexity index is 420. The highest BCUT2D eigenvalue weighted by Gasteiger charge is 2.17. The van der Waals surface area contributed by atoms with Gasteiger partial charge in [-0.2, -0.15) is 0 Å². The van der Waals surface area contributed by atoms with Crippen LogP contribution in [0.3, 0.4) is 0 Å². The molecule has 1 aliphatic heterocycles. The minimum atomic E-state index is -0.115. The van der Waals surface area contributed by atoms with E-state index in [4.69, 9.17) is 16.3 Å². The van der Waals surface area contributed by atoms with Crippen LogP contribution in [0.15, 0.2) is 34.5 Å². The van der Waals surface area contributed by atoms with E-state index in [1.807, 2.05) is 0 Å². The van der Waals surface area contributed by atoms with Gasteiger partial charge in [0, 0.05) is 21.5 Å². The van der Waals surface area contributed by atoms with Crippen molar-refractivity contribution in [2.45, 2.75) is 6.42 Å². The van der Waals surface area contributed by atoms with Crippen LogP contribution >= 0.6 is 27.5 Å². The average Bonchev–Trinajstić information content (AvgIpc) is 2.67. The second kappa shape index (κ2) is 4.37. The highest BCUT2D eigenvalue weighted by atomic mass is 79.9. The van der Waals surface area contributed by atoms with Gasteiger partial charge in [0.25, 0.3) is 0 Å². The number of rotatable bonds is 2. The number of Topliss-reactive ketones (excluding diaryl/α,β-unsaturated/α-hetero) is 1. The first kappa shape index (κ1) is 10.7. The lowest BCUT2D eigenvalue weighted by Gasteiger charge is -2.04. The van der Waals surface area contributed by atoms with Crippen molar-refractivity contribution in [3.05, 3.63) is 45.1 Å². The first-order valence-electron chi connectivity index (χ1n) is 4.50. The molecule has 0 aromatic heterocycles. The molecule has 2 rings (SSSR count). The topological polar surface area (TPSA) is 26.3 Å². The van der Waals surface area contributed by atoms with E-state index in [0.717, 1.165) is 10.9 Å². The molecule has 1 aliphatic rings. The molecule has 0 saturated carbocycles. The van der Waals surface area contributed by atoms with Gasteiger partial charge in [-0.05, 0) is 24.3 Å². The molecule has 0 aliphatic carbocycles. The Hall–Kier alpha value is -0.800. The van der Waals surface area contributed by atoms with Gasteiger partial charge in [-0.1, -0.05) is 27.5 Å². The molecule has 78 valence electrons. The Morgan fingerprint density at radius 2 is 2.20 bits per heavy atom. The summed E-state index contributed by atoms with van der Waals surface area (Å²) in [7, 11) is 0. The fraction of sp³-hybridized carbons (Fsp3) is 0.182. The summed E-state index contributed by atoms with van der Waals surface area (Å²) in [5.41, 5.74) is 0.544. The number of benzene rings is 1. The molecule has 4 heteroatoms. The minimum absolute atomic E-state index is 0.115. The summed E-state index contributed by atoms with van der Waals surface area (Å²) in [6, 6.07) is 5.11. The molecular weight excluding hydrogens is 279 g/mol. The van der Waals surface area contributed by atoms with Crippen molar-refractivity contribution in [3.8, 4) is 0 Å². The molecule has 15 heavy (non-hydrogen) atoms. The molecular formula is C11H8BrClO2.